The molecule has 0 aliphatic carbocycles. The van der Waals surface area contributed by atoms with Crippen LogP contribution in [0.1, 0.15) is 61.1 Å². The molecular formula is C25H30N4O3S. The fourth-order valence-electron chi connectivity index (χ4n) is 5.06. The molecule has 2 fully saturated rings. The first-order valence-corrected chi connectivity index (χ1v) is 13.2. The molecule has 2 aromatic carbocycles. The maximum Gasteiger partial charge on any atom is 0.253 e. The van der Waals surface area contributed by atoms with Crippen LogP contribution < -0.4 is 0 Å². The van der Waals surface area contributed by atoms with Crippen LogP contribution in [-0.4, -0.2) is 59.2 Å². The van der Waals surface area contributed by atoms with Crippen molar-refractivity contribution >= 4 is 27.0 Å². The van der Waals surface area contributed by atoms with E-state index in [9.17, 15) is 13.2 Å². The van der Waals surface area contributed by atoms with Crippen LogP contribution in [0.25, 0.3) is 11.0 Å². The first-order chi connectivity index (χ1) is 15.9. The normalized spacial score (nSPS) is 20.9. The van der Waals surface area contributed by atoms with Crippen molar-refractivity contribution in [2.45, 2.75) is 55.9 Å². The van der Waals surface area contributed by atoms with E-state index < -0.39 is 10.0 Å². The summed E-state index contributed by atoms with van der Waals surface area (Å²) in [5, 5.41) is 0. The fraction of sp³-hybridized carbons (Fsp3) is 0.440. The second-order valence-electron chi connectivity index (χ2n) is 9.19. The minimum atomic E-state index is -3.61. The van der Waals surface area contributed by atoms with Gasteiger partial charge in [0.05, 0.1) is 15.9 Å². The first kappa shape index (κ1) is 22.1. The standard InChI is InChI=1S/C25H30N4O3S/c1-18-7-4-5-14-29(18)33(31,32)21-9-6-8-20(17-21)25(30)28-15-12-19(13-16-28)24-26-22-10-2-3-11-23(22)27-24/h2-3,6,8-11,17-19H,4-5,7,12-16H2,1H3,(H,26,27). The average molecular weight is 467 g/mol. The Morgan fingerprint density at radius 2 is 1.79 bits per heavy atom. The van der Waals surface area contributed by atoms with Gasteiger partial charge in [0.2, 0.25) is 10.0 Å². The smallest absolute Gasteiger partial charge is 0.253 e. The number of likely N-dealkylation sites (tertiary alicyclic amines) is 1. The molecule has 0 saturated carbocycles. The molecule has 8 heteroatoms. The average Bonchev–Trinajstić information content (AvgIpc) is 3.28. The molecule has 0 spiro atoms. The summed E-state index contributed by atoms with van der Waals surface area (Å²) >= 11 is 0. The molecule has 0 bridgehead atoms. The van der Waals surface area contributed by atoms with Crippen LogP contribution in [-0.2, 0) is 10.0 Å². The summed E-state index contributed by atoms with van der Waals surface area (Å²) in [6.45, 7) is 3.75. The molecule has 2 aliphatic rings. The van der Waals surface area contributed by atoms with Crippen molar-refractivity contribution < 1.29 is 13.2 Å². The Balaban J connectivity index is 1.28. The molecule has 3 aromatic rings. The number of nitrogens with zero attached hydrogens (tertiary/aromatic N) is 3. The fourth-order valence-corrected chi connectivity index (χ4v) is 6.80. The van der Waals surface area contributed by atoms with Gasteiger partial charge in [0.15, 0.2) is 0 Å². The zero-order chi connectivity index (χ0) is 23.0. The molecule has 33 heavy (non-hydrogen) atoms. The molecule has 7 nitrogen and oxygen atoms in total. The van der Waals surface area contributed by atoms with E-state index in [1.807, 2.05) is 36.1 Å². The number of amides is 1. The highest BCUT2D eigenvalue weighted by Gasteiger charge is 2.32. The van der Waals surface area contributed by atoms with Gasteiger partial charge in [0.25, 0.3) is 5.91 Å². The summed E-state index contributed by atoms with van der Waals surface area (Å²) in [4.78, 5) is 23.4. The minimum Gasteiger partial charge on any atom is -0.342 e. The second kappa shape index (κ2) is 8.91. The van der Waals surface area contributed by atoms with Gasteiger partial charge in [-0.15, -0.1) is 0 Å². The van der Waals surface area contributed by atoms with Gasteiger partial charge in [-0.25, -0.2) is 13.4 Å². The van der Waals surface area contributed by atoms with Crippen LogP contribution in [0.3, 0.4) is 0 Å². The number of sulfonamides is 1. The summed E-state index contributed by atoms with van der Waals surface area (Å²) in [6, 6.07) is 14.5. The van der Waals surface area contributed by atoms with Gasteiger partial charge in [0, 0.05) is 37.2 Å². The van der Waals surface area contributed by atoms with Gasteiger partial charge in [-0.05, 0) is 62.9 Å². The van der Waals surface area contributed by atoms with Crippen LogP contribution in [0.4, 0.5) is 0 Å². The maximum absolute atomic E-state index is 13.2. The van der Waals surface area contributed by atoms with Crippen LogP contribution >= 0.6 is 0 Å². The number of rotatable bonds is 4. The molecule has 2 saturated heterocycles. The van der Waals surface area contributed by atoms with E-state index in [0.717, 1.165) is 49.0 Å². The number of aromatic amines is 1. The highest BCUT2D eigenvalue weighted by molar-refractivity contribution is 7.89. The molecule has 1 N–H and O–H groups in total. The number of piperidine rings is 2. The van der Waals surface area contributed by atoms with Crippen molar-refractivity contribution in [1.29, 1.82) is 0 Å². The summed E-state index contributed by atoms with van der Waals surface area (Å²) < 4.78 is 28.0. The van der Waals surface area contributed by atoms with Gasteiger partial charge < -0.3 is 9.88 Å². The molecule has 1 aromatic heterocycles. The Kier molecular flexibility index (Phi) is 5.97. The molecular weight excluding hydrogens is 436 g/mol. The molecule has 2 aliphatic heterocycles. The lowest BCUT2D eigenvalue weighted by molar-refractivity contribution is 0.0711. The summed E-state index contributed by atoms with van der Waals surface area (Å²) in [5.41, 5.74) is 2.43. The van der Waals surface area contributed by atoms with Crippen LogP contribution in [0.5, 0.6) is 0 Å². The predicted molar refractivity (Wildman–Crippen MR) is 128 cm³/mol. The Morgan fingerprint density at radius 3 is 2.55 bits per heavy atom. The Bertz CT molecular complexity index is 1230. The van der Waals surface area contributed by atoms with Crippen molar-refractivity contribution in [3.8, 4) is 0 Å². The summed E-state index contributed by atoms with van der Waals surface area (Å²) in [6.07, 6.45) is 4.46. The minimum absolute atomic E-state index is 0.0135. The van der Waals surface area contributed by atoms with Crippen molar-refractivity contribution in [1.82, 2.24) is 19.2 Å². The Labute approximate surface area is 194 Å². The zero-order valence-electron chi connectivity index (χ0n) is 18.9. The highest BCUT2D eigenvalue weighted by Crippen LogP contribution is 2.29. The Morgan fingerprint density at radius 1 is 1.00 bits per heavy atom. The molecule has 5 rings (SSSR count). The van der Waals surface area contributed by atoms with Crippen molar-refractivity contribution in [3.63, 3.8) is 0 Å². The van der Waals surface area contributed by atoms with Crippen LogP contribution in [0.2, 0.25) is 0 Å². The first-order valence-electron chi connectivity index (χ1n) is 11.8. The van der Waals surface area contributed by atoms with Crippen LogP contribution in [0.15, 0.2) is 53.4 Å². The van der Waals surface area contributed by atoms with E-state index in [2.05, 4.69) is 4.98 Å². The molecule has 1 amide bonds. The summed E-state index contributed by atoms with van der Waals surface area (Å²) in [5.74, 6) is 1.16. The van der Waals surface area contributed by atoms with E-state index in [1.165, 1.54) is 0 Å². The van der Waals surface area contributed by atoms with E-state index in [-0.39, 0.29) is 22.8 Å². The van der Waals surface area contributed by atoms with E-state index in [0.29, 0.717) is 25.2 Å². The summed E-state index contributed by atoms with van der Waals surface area (Å²) in [7, 11) is -3.61. The number of aromatic nitrogens is 2. The number of hydrogen-bond donors (Lipinski definition) is 1. The van der Waals surface area contributed by atoms with Gasteiger partial charge in [0.1, 0.15) is 5.82 Å². The van der Waals surface area contributed by atoms with Crippen molar-refractivity contribution in [2.75, 3.05) is 19.6 Å². The van der Waals surface area contributed by atoms with E-state index in [4.69, 9.17) is 4.98 Å². The molecule has 174 valence electrons. The number of para-hydroxylation sites is 2. The molecule has 3 heterocycles. The third kappa shape index (κ3) is 4.29. The van der Waals surface area contributed by atoms with Gasteiger partial charge >= 0.3 is 0 Å². The SMILES string of the molecule is CC1CCCCN1S(=O)(=O)c1cccc(C(=O)N2CCC(c3nc4ccccc4[nH]3)CC2)c1. The monoisotopic (exact) mass is 466 g/mol. The highest BCUT2D eigenvalue weighted by atomic mass is 32.2. The lowest BCUT2D eigenvalue weighted by atomic mass is 9.95. The number of nitrogens with one attached hydrogen (secondary N) is 1. The quantitative estimate of drug-likeness (QED) is 0.626. The molecule has 1 unspecified atom stereocenters. The number of carbonyl (C=O) groups excluding carboxylic acids is 1. The predicted octanol–water partition coefficient (Wildman–Crippen LogP) is 4.15. The topological polar surface area (TPSA) is 86.4 Å². The lowest BCUT2D eigenvalue weighted by Gasteiger charge is -2.33. The maximum atomic E-state index is 13.2. The molecule has 0 radical (unpaired) electrons. The van der Waals surface area contributed by atoms with Crippen LogP contribution in [0, 0.1) is 0 Å². The van der Waals surface area contributed by atoms with E-state index in [1.54, 1.807) is 28.6 Å². The second-order valence-corrected chi connectivity index (χ2v) is 11.1. The van der Waals surface area contributed by atoms with Gasteiger partial charge in [-0.2, -0.15) is 4.31 Å². The Hall–Kier alpha value is -2.71. The van der Waals surface area contributed by atoms with E-state index >= 15 is 0 Å². The largest absolute Gasteiger partial charge is 0.342 e. The zero-order valence-corrected chi connectivity index (χ0v) is 19.7. The van der Waals surface area contributed by atoms with Gasteiger partial charge in [-0.1, -0.05) is 24.6 Å². The van der Waals surface area contributed by atoms with Crippen molar-refractivity contribution in [2.24, 2.45) is 0 Å². The number of fused-ring (bicyclic) bond motifs is 1. The van der Waals surface area contributed by atoms with Crippen molar-refractivity contribution in [3.05, 3.63) is 59.9 Å². The third-order valence-corrected chi connectivity index (χ3v) is 9.02. The van der Waals surface area contributed by atoms with Gasteiger partial charge in [-0.3, -0.25) is 4.79 Å². The number of benzene rings is 2. The number of hydrogen-bond acceptors (Lipinski definition) is 4. The third-order valence-electron chi connectivity index (χ3n) is 7.01. The number of carbonyl (C=O) groups is 1. The number of imidazole rings is 1. The molecule has 1 atom stereocenters. The lowest BCUT2D eigenvalue weighted by Crippen LogP contribution is -2.42. The number of H-pyrrole nitrogens is 1.